The van der Waals surface area contributed by atoms with E-state index < -0.39 is 0 Å². The number of aliphatic imine (C=N–C) groups is 1. The number of halogens is 1. The summed E-state index contributed by atoms with van der Waals surface area (Å²) in [5.41, 5.74) is 3.61. The highest BCUT2D eigenvalue weighted by Gasteiger charge is 2.21. The van der Waals surface area contributed by atoms with Crippen LogP contribution < -0.4 is 24.3 Å². The third-order valence-corrected chi connectivity index (χ3v) is 5.21. The number of hydrogen-bond acceptors (Lipinski definition) is 5. The average molecular weight is 541 g/mol. The Balaban J connectivity index is 0.00000341. The lowest BCUT2D eigenvalue weighted by atomic mass is 9.99. The molecule has 2 aromatic carbocycles. The van der Waals surface area contributed by atoms with Crippen molar-refractivity contribution in [1.29, 1.82) is 0 Å². The van der Waals surface area contributed by atoms with Crippen molar-refractivity contribution in [3.8, 4) is 23.0 Å². The Kier molecular flexibility index (Phi) is 9.54. The van der Waals surface area contributed by atoms with Gasteiger partial charge in [0.1, 0.15) is 0 Å². The van der Waals surface area contributed by atoms with Crippen LogP contribution in [0.2, 0.25) is 0 Å². The molecule has 2 aromatic rings. The lowest BCUT2D eigenvalue weighted by Crippen LogP contribution is -2.43. The van der Waals surface area contributed by atoms with Gasteiger partial charge >= 0.3 is 0 Å². The van der Waals surface area contributed by atoms with Gasteiger partial charge in [0.2, 0.25) is 0 Å². The predicted molar refractivity (Wildman–Crippen MR) is 133 cm³/mol. The smallest absolute Gasteiger partial charge is 0.194 e. The summed E-state index contributed by atoms with van der Waals surface area (Å²) in [5, 5.41) is 3.46. The lowest BCUT2D eigenvalue weighted by Gasteiger charge is -2.32. The van der Waals surface area contributed by atoms with Gasteiger partial charge in [0.05, 0.1) is 27.9 Å². The lowest BCUT2D eigenvalue weighted by molar-refractivity contribution is 0.310. The van der Waals surface area contributed by atoms with Crippen LogP contribution in [-0.4, -0.2) is 52.4 Å². The fraction of sp³-hybridized carbons (Fsp3) is 0.435. The van der Waals surface area contributed by atoms with Crippen LogP contribution in [-0.2, 0) is 19.5 Å². The van der Waals surface area contributed by atoms with Crippen molar-refractivity contribution in [3.05, 3.63) is 47.0 Å². The van der Waals surface area contributed by atoms with Crippen molar-refractivity contribution in [1.82, 2.24) is 10.2 Å². The molecule has 0 atom stereocenters. The standard InChI is InChI=1S/C23H31N3O4.HI/c1-6-30-19-8-7-16(11-20(19)27-3)14-25-23(24-2)26-10-9-17-12-21(28-4)22(29-5)13-18(17)15-26;/h7-8,11-13H,6,9-10,14-15H2,1-5H3,(H,24,25);1H. The van der Waals surface area contributed by atoms with Crippen molar-refractivity contribution in [3.63, 3.8) is 0 Å². The molecule has 3 rings (SSSR count). The fourth-order valence-electron chi connectivity index (χ4n) is 3.67. The first-order valence-corrected chi connectivity index (χ1v) is 10.1. The van der Waals surface area contributed by atoms with Gasteiger partial charge < -0.3 is 29.2 Å². The molecule has 0 unspecified atom stereocenters. The van der Waals surface area contributed by atoms with Crippen molar-refractivity contribution in [2.45, 2.75) is 26.4 Å². The molecule has 0 saturated heterocycles. The number of ether oxygens (including phenoxy) is 4. The molecule has 0 aliphatic carbocycles. The highest BCUT2D eigenvalue weighted by Crippen LogP contribution is 2.33. The molecular weight excluding hydrogens is 509 g/mol. The van der Waals surface area contributed by atoms with Crippen LogP contribution in [0.5, 0.6) is 23.0 Å². The van der Waals surface area contributed by atoms with Crippen LogP contribution in [0.15, 0.2) is 35.3 Å². The molecule has 0 saturated carbocycles. The molecule has 1 heterocycles. The van der Waals surface area contributed by atoms with Gasteiger partial charge in [0.25, 0.3) is 0 Å². The van der Waals surface area contributed by atoms with Gasteiger partial charge in [0.15, 0.2) is 29.0 Å². The average Bonchev–Trinajstić information content (AvgIpc) is 2.79. The third-order valence-electron chi connectivity index (χ3n) is 5.21. The summed E-state index contributed by atoms with van der Waals surface area (Å²) in [6.45, 7) is 4.86. The molecule has 1 N–H and O–H groups in total. The van der Waals surface area contributed by atoms with E-state index in [-0.39, 0.29) is 24.0 Å². The maximum absolute atomic E-state index is 5.60. The molecule has 0 radical (unpaired) electrons. The van der Waals surface area contributed by atoms with E-state index in [1.807, 2.05) is 32.2 Å². The van der Waals surface area contributed by atoms with Gasteiger partial charge in [-0.15, -0.1) is 24.0 Å². The van der Waals surface area contributed by atoms with Crippen LogP contribution in [0, 0.1) is 0 Å². The molecule has 8 heteroatoms. The van der Waals surface area contributed by atoms with E-state index in [2.05, 4.69) is 27.3 Å². The van der Waals surface area contributed by atoms with Crippen LogP contribution >= 0.6 is 24.0 Å². The van der Waals surface area contributed by atoms with E-state index in [4.69, 9.17) is 18.9 Å². The Morgan fingerprint density at radius 1 is 0.968 bits per heavy atom. The number of benzene rings is 2. The monoisotopic (exact) mass is 541 g/mol. The Morgan fingerprint density at radius 2 is 1.61 bits per heavy atom. The predicted octanol–water partition coefficient (Wildman–Crippen LogP) is 3.86. The second-order valence-electron chi connectivity index (χ2n) is 6.97. The van der Waals surface area contributed by atoms with Crippen molar-refractivity contribution in [2.24, 2.45) is 4.99 Å². The minimum Gasteiger partial charge on any atom is -0.493 e. The largest absolute Gasteiger partial charge is 0.493 e. The van der Waals surface area contributed by atoms with Gasteiger partial charge in [-0.2, -0.15) is 0 Å². The summed E-state index contributed by atoms with van der Waals surface area (Å²) in [5.74, 6) is 3.88. The van der Waals surface area contributed by atoms with E-state index in [1.54, 1.807) is 21.3 Å². The number of nitrogens with zero attached hydrogens (tertiary/aromatic N) is 2. The highest BCUT2D eigenvalue weighted by atomic mass is 127. The minimum absolute atomic E-state index is 0. The SMILES string of the molecule is CCOc1ccc(CNC(=NC)N2CCc3cc(OC)c(OC)cc3C2)cc1OC.I. The summed E-state index contributed by atoms with van der Waals surface area (Å²) in [6.07, 6.45) is 0.924. The van der Waals surface area contributed by atoms with E-state index in [0.717, 1.165) is 54.0 Å². The Hall–Kier alpha value is -2.36. The molecule has 1 aliphatic rings. The summed E-state index contributed by atoms with van der Waals surface area (Å²) in [7, 11) is 6.80. The van der Waals surface area contributed by atoms with Crippen LogP contribution in [0.1, 0.15) is 23.6 Å². The Labute approximate surface area is 201 Å². The normalized spacial score (nSPS) is 13.1. The molecule has 0 amide bonds. The molecule has 31 heavy (non-hydrogen) atoms. The highest BCUT2D eigenvalue weighted by molar-refractivity contribution is 14.0. The zero-order chi connectivity index (χ0) is 21.5. The van der Waals surface area contributed by atoms with Gasteiger partial charge in [-0.05, 0) is 54.3 Å². The minimum atomic E-state index is 0. The van der Waals surface area contributed by atoms with Gasteiger partial charge in [-0.25, -0.2) is 0 Å². The molecule has 0 aromatic heterocycles. The fourth-order valence-corrected chi connectivity index (χ4v) is 3.67. The Morgan fingerprint density at radius 3 is 2.23 bits per heavy atom. The molecule has 1 aliphatic heterocycles. The van der Waals surface area contributed by atoms with E-state index in [1.165, 1.54) is 11.1 Å². The molecule has 0 spiro atoms. The Bertz CT molecular complexity index is 905. The van der Waals surface area contributed by atoms with Crippen LogP contribution in [0.4, 0.5) is 0 Å². The second-order valence-corrected chi connectivity index (χ2v) is 6.97. The van der Waals surface area contributed by atoms with Gasteiger partial charge in [-0.3, -0.25) is 4.99 Å². The van der Waals surface area contributed by atoms with Crippen molar-refractivity contribution >= 4 is 29.9 Å². The second kappa shape index (κ2) is 11.9. The number of guanidine groups is 1. The number of hydrogen-bond donors (Lipinski definition) is 1. The zero-order valence-electron chi connectivity index (χ0n) is 18.9. The first kappa shape index (κ1) is 24.9. The number of fused-ring (bicyclic) bond motifs is 1. The topological polar surface area (TPSA) is 64.6 Å². The van der Waals surface area contributed by atoms with E-state index in [9.17, 15) is 0 Å². The van der Waals surface area contributed by atoms with E-state index in [0.29, 0.717) is 13.2 Å². The van der Waals surface area contributed by atoms with Crippen molar-refractivity contribution < 1.29 is 18.9 Å². The number of methoxy groups -OCH3 is 3. The molecule has 7 nitrogen and oxygen atoms in total. The summed E-state index contributed by atoms with van der Waals surface area (Å²) in [6, 6.07) is 10.1. The first-order valence-electron chi connectivity index (χ1n) is 10.1. The van der Waals surface area contributed by atoms with Gasteiger partial charge in [0, 0.05) is 26.7 Å². The summed E-state index contributed by atoms with van der Waals surface area (Å²) < 4.78 is 22.0. The molecule has 0 fully saturated rings. The molecule has 0 bridgehead atoms. The van der Waals surface area contributed by atoms with Gasteiger partial charge in [-0.1, -0.05) is 6.07 Å². The molecule has 170 valence electrons. The first-order chi connectivity index (χ1) is 14.6. The number of nitrogens with one attached hydrogen (secondary N) is 1. The van der Waals surface area contributed by atoms with Crippen molar-refractivity contribution in [2.75, 3.05) is 41.5 Å². The maximum Gasteiger partial charge on any atom is 0.194 e. The maximum atomic E-state index is 5.60. The third kappa shape index (κ3) is 5.87. The van der Waals surface area contributed by atoms with Crippen LogP contribution in [0.3, 0.4) is 0 Å². The summed E-state index contributed by atoms with van der Waals surface area (Å²) >= 11 is 0. The quantitative estimate of drug-likeness (QED) is 0.327. The summed E-state index contributed by atoms with van der Waals surface area (Å²) in [4.78, 5) is 6.74. The van der Waals surface area contributed by atoms with Crippen LogP contribution in [0.25, 0.3) is 0 Å². The molecular formula is C23H32IN3O4. The van der Waals surface area contributed by atoms with E-state index >= 15 is 0 Å². The zero-order valence-corrected chi connectivity index (χ0v) is 21.2. The number of rotatable bonds is 7.